The Hall–Kier alpha value is -4.58. The molecular weight excluding hydrogens is 440 g/mol. The van der Waals surface area contributed by atoms with E-state index in [1.165, 1.54) is 30.3 Å². The van der Waals surface area contributed by atoms with Gasteiger partial charge in [-0.25, -0.2) is 14.5 Å². The molecule has 1 saturated heterocycles. The highest BCUT2D eigenvalue weighted by atomic mass is 16.5. The van der Waals surface area contributed by atoms with Gasteiger partial charge in [0.25, 0.3) is 11.8 Å². The van der Waals surface area contributed by atoms with Crippen molar-refractivity contribution in [3.63, 3.8) is 0 Å². The zero-order valence-electron chi connectivity index (χ0n) is 18.6. The van der Waals surface area contributed by atoms with Crippen LogP contribution in [0.4, 0.5) is 10.5 Å². The van der Waals surface area contributed by atoms with Crippen molar-refractivity contribution in [1.29, 1.82) is 0 Å². The van der Waals surface area contributed by atoms with Crippen molar-refractivity contribution in [3.05, 3.63) is 59.2 Å². The summed E-state index contributed by atoms with van der Waals surface area (Å²) in [4.78, 5) is 50.6. The molecule has 0 aliphatic carbocycles. The highest BCUT2D eigenvalue weighted by molar-refractivity contribution is 6.39. The molecule has 9 nitrogen and oxygen atoms in total. The maximum atomic E-state index is 13.1. The smallest absolute Gasteiger partial charge is 0.338 e. The molecule has 0 radical (unpaired) electrons. The minimum absolute atomic E-state index is 0.0490. The number of esters is 1. The number of benzene rings is 2. The second-order valence-electron chi connectivity index (χ2n) is 6.86. The molecule has 1 N–H and O–H groups in total. The van der Waals surface area contributed by atoms with Gasteiger partial charge in [0.15, 0.2) is 11.5 Å². The molecule has 9 heteroatoms. The van der Waals surface area contributed by atoms with E-state index in [0.717, 1.165) is 4.90 Å². The van der Waals surface area contributed by atoms with Crippen LogP contribution in [0.15, 0.2) is 48.0 Å². The molecule has 1 heterocycles. The third kappa shape index (κ3) is 5.24. The fraction of sp³-hybridized carbons (Fsp3) is 0.200. The molecule has 0 spiro atoms. The Bertz CT molecular complexity index is 1190. The molecular formula is C25H22N2O7. The summed E-state index contributed by atoms with van der Waals surface area (Å²) < 4.78 is 15.9. The van der Waals surface area contributed by atoms with Gasteiger partial charge in [-0.3, -0.25) is 14.9 Å². The number of amides is 4. The summed E-state index contributed by atoms with van der Waals surface area (Å²) in [6, 6.07) is 9.62. The molecule has 0 unspecified atom stereocenters. The van der Waals surface area contributed by atoms with Crippen molar-refractivity contribution in [2.24, 2.45) is 0 Å². The number of nitrogens with zero attached hydrogens (tertiary/aromatic N) is 1. The van der Waals surface area contributed by atoms with Crippen molar-refractivity contribution < 1.29 is 33.4 Å². The van der Waals surface area contributed by atoms with Gasteiger partial charge in [-0.15, -0.1) is 6.42 Å². The number of carbonyl (C=O) groups is 4. The van der Waals surface area contributed by atoms with Crippen LogP contribution in [0.1, 0.15) is 29.8 Å². The van der Waals surface area contributed by atoms with Gasteiger partial charge < -0.3 is 14.2 Å². The number of ether oxygens (including phenoxy) is 3. The average Bonchev–Trinajstić information content (AvgIpc) is 2.82. The first kappa shape index (κ1) is 24.1. The number of nitrogens with one attached hydrogen (secondary N) is 1. The largest absolute Gasteiger partial charge is 0.490 e. The van der Waals surface area contributed by atoms with E-state index in [2.05, 4.69) is 11.2 Å². The third-order valence-corrected chi connectivity index (χ3v) is 4.63. The van der Waals surface area contributed by atoms with Gasteiger partial charge in [0.05, 0.1) is 24.5 Å². The molecule has 3 rings (SSSR count). The molecule has 2 aromatic carbocycles. The summed E-state index contributed by atoms with van der Waals surface area (Å²) >= 11 is 0. The van der Waals surface area contributed by atoms with Gasteiger partial charge in [-0.1, -0.05) is 12.0 Å². The van der Waals surface area contributed by atoms with Crippen LogP contribution in [0.2, 0.25) is 0 Å². The normalized spacial score (nSPS) is 14.4. The van der Waals surface area contributed by atoms with E-state index in [9.17, 15) is 19.2 Å². The molecule has 1 aliphatic rings. The molecule has 2 aromatic rings. The van der Waals surface area contributed by atoms with Crippen molar-refractivity contribution in [2.75, 3.05) is 24.7 Å². The lowest BCUT2D eigenvalue weighted by Gasteiger charge is -2.26. The van der Waals surface area contributed by atoms with Crippen molar-refractivity contribution >= 4 is 35.6 Å². The third-order valence-electron chi connectivity index (χ3n) is 4.63. The zero-order chi connectivity index (χ0) is 24.7. The lowest BCUT2D eigenvalue weighted by molar-refractivity contribution is -0.122. The highest BCUT2D eigenvalue weighted by Gasteiger charge is 2.36. The minimum Gasteiger partial charge on any atom is -0.490 e. The van der Waals surface area contributed by atoms with E-state index >= 15 is 0 Å². The van der Waals surface area contributed by atoms with E-state index in [4.69, 9.17) is 20.6 Å². The van der Waals surface area contributed by atoms with Crippen LogP contribution in [-0.2, 0) is 14.3 Å². The lowest BCUT2D eigenvalue weighted by Crippen LogP contribution is -2.54. The maximum Gasteiger partial charge on any atom is 0.338 e. The van der Waals surface area contributed by atoms with E-state index in [0.29, 0.717) is 23.7 Å². The average molecular weight is 462 g/mol. The van der Waals surface area contributed by atoms with Gasteiger partial charge in [-0.05, 0) is 61.9 Å². The summed E-state index contributed by atoms with van der Waals surface area (Å²) in [5.74, 6) is 0.993. The van der Waals surface area contributed by atoms with Gasteiger partial charge >= 0.3 is 12.0 Å². The maximum absolute atomic E-state index is 13.1. The Labute approximate surface area is 196 Å². The minimum atomic E-state index is -0.899. The SMILES string of the molecule is C#CCOc1ccc(/C=C2\C(=O)NC(=O)N(c3ccc(C(=O)OCC)cc3)C2=O)cc1OCC. The number of urea groups is 1. The Morgan fingerprint density at radius 3 is 2.41 bits per heavy atom. The van der Waals surface area contributed by atoms with Crippen molar-refractivity contribution in [1.82, 2.24) is 5.32 Å². The van der Waals surface area contributed by atoms with Crippen molar-refractivity contribution in [2.45, 2.75) is 13.8 Å². The second kappa shape index (κ2) is 10.8. The number of carbonyl (C=O) groups excluding carboxylic acids is 4. The Morgan fingerprint density at radius 2 is 1.76 bits per heavy atom. The molecule has 0 bridgehead atoms. The van der Waals surface area contributed by atoms with Gasteiger partial charge in [-0.2, -0.15) is 0 Å². The summed E-state index contributed by atoms with van der Waals surface area (Å²) in [5, 5.41) is 2.15. The van der Waals surface area contributed by atoms with Gasteiger partial charge in [0.1, 0.15) is 12.2 Å². The fourth-order valence-electron chi connectivity index (χ4n) is 3.14. The number of hydrogen-bond donors (Lipinski definition) is 1. The van der Waals surface area contributed by atoms with E-state index in [1.54, 1.807) is 32.0 Å². The molecule has 0 saturated carbocycles. The topological polar surface area (TPSA) is 111 Å². The first-order valence-electron chi connectivity index (χ1n) is 10.4. The quantitative estimate of drug-likeness (QED) is 0.278. The number of anilines is 1. The fourth-order valence-corrected chi connectivity index (χ4v) is 3.14. The van der Waals surface area contributed by atoms with Crippen LogP contribution in [0.25, 0.3) is 6.08 Å². The summed E-state index contributed by atoms with van der Waals surface area (Å²) in [5.41, 5.74) is 0.663. The highest BCUT2D eigenvalue weighted by Crippen LogP contribution is 2.30. The Morgan fingerprint density at radius 1 is 1.03 bits per heavy atom. The number of imide groups is 2. The lowest BCUT2D eigenvalue weighted by atomic mass is 10.1. The predicted molar refractivity (Wildman–Crippen MR) is 123 cm³/mol. The van der Waals surface area contributed by atoms with E-state index in [1.807, 2.05) is 0 Å². The van der Waals surface area contributed by atoms with E-state index in [-0.39, 0.29) is 30.0 Å². The Kier molecular flexibility index (Phi) is 7.67. The Balaban J connectivity index is 1.92. The van der Waals surface area contributed by atoms with Crippen LogP contribution < -0.4 is 19.7 Å². The first-order valence-corrected chi connectivity index (χ1v) is 10.4. The van der Waals surface area contributed by atoms with E-state index < -0.39 is 23.8 Å². The first-order chi connectivity index (χ1) is 16.4. The predicted octanol–water partition coefficient (Wildman–Crippen LogP) is 2.94. The summed E-state index contributed by atoms with van der Waals surface area (Å²) in [6.07, 6.45) is 6.58. The molecule has 34 heavy (non-hydrogen) atoms. The number of barbiturate groups is 1. The van der Waals surface area contributed by atoms with Gasteiger partial charge in [0.2, 0.25) is 0 Å². The number of hydrogen-bond acceptors (Lipinski definition) is 7. The molecule has 0 aromatic heterocycles. The molecule has 174 valence electrons. The monoisotopic (exact) mass is 462 g/mol. The van der Waals surface area contributed by atoms with Crippen LogP contribution in [-0.4, -0.2) is 43.6 Å². The molecule has 1 aliphatic heterocycles. The number of rotatable bonds is 8. The van der Waals surface area contributed by atoms with Crippen molar-refractivity contribution in [3.8, 4) is 23.8 Å². The van der Waals surface area contributed by atoms with Crippen LogP contribution in [0, 0.1) is 12.3 Å². The molecule has 1 fully saturated rings. The molecule has 4 amide bonds. The number of terminal acetylenes is 1. The zero-order valence-corrected chi connectivity index (χ0v) is 18.6. The van der Waals surface area contributed by atoms with Crippen LogP contribution >= 0.6 is 0 Å². The standard InChI is InChI=1S/C25H22N2O7/c1-4-13-34-20-12-7-16(15-21(20)32-5-2)14-19-22(28)26-25(31)27(23(19)29)18-10-8-17(9-11-18)24(30)33-6-3/h1,7-12,14-15H,5-6,13H2,2-3H3,(H,26,28,31)/b19-14+. The summed E-state index contributed by atoms with van der Waals surface area (Å²) in [6.45, 7) is 4.10. The second-order valence-corrected chi connectivity index (χ2v) is 6.86. The van der Waals surface area contributed by atoms with Crippen LogP contribution in [0.5, 0.6) is 11.5 Å². The van der Waals surface area contributed by atoms with Gasteiger partial charge in [0, 0.05) is 0 Å². The molecule has 0 atom stereocenters. The summed E-state index contributed by atoms with van der Waals surface area (Å²) in [7, 11) is 0. The van der Waals surface area contributed by atoms with Crippen LogP contribution in [0.3, 0.4) is 0 Å².